The standard InChI is InChI=1S/C21H39N3O2/c1-19-20(2)24(23-22-19)18-16-14-12-10-8-6-4-3-5-7-9-11-13-15-17-21(25)26/h3-18H2,1-2H3,(H,25,26)/p+1. The number of hydrogen-bond donors (Lipinski definition) is 2. The Kier molecular flexibility index (Phi) is 12.8. The molecule has 0 bridgehead atoms. The number of H-pyrrole nitrogens is 1. The predicted molar refractivity (Wildman–Crippen MR) is 105 cm³/mol. The second-order valence-electron chi connectivity index (χ2n) is 7.63. The molecule has 150 valence electrons. The summed E-state index contributed by atoms with van der Waals surface area (Å²) in [5.41, 5.74) is 2.36. The molecule has 1 aromatic rings. The molecule has 0 aliphatic carbocycles. The molecule has 0 amide bonds. The quantitative estimate of drug-likeness (QED) is 0.292. The molecule has 0 unspecified atom stereocenters. The van der Waals surface area contributed by atoms with E-state index in [9.17, 15) is 4.79 Å². The third-order valence-electron chi connectivity index (χ3n) is 5.29. The molecule has 5 heteroatoms. The summed E-state index contributed by atoms with van der Waals surface area (Å²) in [7, 11) is 0. The number of aliphatic carboxylic acids is 1. The Labute approximate surface area is 159 Å². The summed E-state index contributed by atoms with van der Waals surface area (Å²) in [5.74, 6) is -0.660. The number of carboxylic acid groups (broad SMARTS) is 1. The SMILES string of the molecule is Cc1n[nH][n+](CCCCCCCCCCCCCCCCC(=O)O)c1C. The normalized spacial score (nSPS) is 11.2. The lowest BCUT2D eigenvalue weighted by molar-refractivity contribution is -0.759. The summed E-state index contributed by atoms with van der Waals surface area (Å²) in [6, 6.07) is 0. The van der Waals surface area contributed by atoms with Crippen LogP contribution in [-0.2, 0) is 11.3 Å². The van der Waals surface area contributed by atoms with Gasteiger partial charge in [-0.15, -0.1) is 0 Å². The van der Waals surface area contributed by atoms with Gasteiger partial charge in [-0.25, -0.2) is 0 Å². The van der Waals surface area contributed by atoms with Crippen molar-refractivity contribution < 1.29 is 14.6 Å². The number of hydrogen-bond acceptors (Lipinski definition) is 2. The number of unbranched alkanes of at least 4 members (excludes halogenated alkanes) is 13. The molecular weight excluding hydrogens is 326 g/mol. The zero-order chi connectivity index (χ0) is 19.0. The first-order valence-electron chi connectivity index (χ1n) is 10.7. The number of rotatable bonds is 17. The van der Waals surface area contributed by atoms with Crippen LogP contribution in [0.3, 0.4) is 0 Å². The van der Waals surface area contributed by atoms with E-state index < -0.39 is 5.97 Å². The summed E-state index contributed by atoms with van der Waals surface area (Å²) in [6.45, 7) is 5.23. The lowest BCUT2D eigenvalue weighted by Gasteiger charge is -2.03. The molecule has 2 N–H and O–H groups in total. The average molecular weight is 367 g/mol. The van der Waals surface area contributed by atoms with Gasteiger partial charge in [-0.05, 0) is 19.3 Å². The van der Waals surface area contributed by atoms with Crippen LogP contribution in [0.25, 0.3) is 0 Å². The maximum atomic E-state index is 10.4. The van der Waals surface area contributed by atoms with Crippen LogP contribution in [0.5, 0.6) is 0 Å². The summed E-state index contributed by atoms with van der Waals surface area (Å²) < 4.78 is 2.15. The van der Waals surface area contributed by atoms with Crippen molar-refractivity contribution >= 4 is 5.97 Å². The van der Waals surface area contributed by atoms with E-state index in [2.05, 4.69) is 21.9 Å². The molecule has 1 aromatic heterocycles. The van der Waals surface area contributed by atoms with E-state index in [1.807, 2.05) is 6.92 Å². The molecule has 0 aliphatic heterocycles. The Hall–Kier alpha value is -1.39. The van der Waals surface area contributed by atoms with E-state index in [0.29, 0.717) is 6.42 Å². The number of nitrogens with zero attached hydrogens (tertiary/aromatic N) is 2. The maximum Gasteiger partial charge on any atom is 0.303 e. The molecule has 0 saturated heterocycles. The van der Waals surface area contributed by atoms with Gasteiger partial charge >= 0.3 is 5.97 Å². The molecule has 0 aliphatic rings. The Bertz CT molecular complexity index is 486. The van der Waals surface area contributed by atoms with Gasteiger partial charge < -0.3 is 5.11 Å². The Balaban J connectivity index is 1.76. The average Bonchev–Trinajstić information content (AvgIpc) is 2.93. The summed E-state index contributed by atoms with van der Waals surface area (Å²) in [6.07, 6.45) is 18.2. The second kappa shape index (κ2) is 14.7. The van der Waals surface area contributed by atoms with Crippen LogP contribution in [0.4, 0.5) is 0 Å². The van der Waals surface area contributed by atoms with Crippen LogP contribution in [0.1, 0.15) is 108 Å². The fraction of sp³-hybridized carbons (Fsp3) is 0.857. The molecular formula is C21H40N3O2+. The van der Waals surface area contributed by atoms with E-state index in [0.717, 1.165) is 25.1 Å². The van der Waals surface area contributed by atoms with Gasteiger partial charge in [-0.2, -0.15) is 4.68 Å². The van der Waals surface area contributed by atoms with Gasteiger partial charge in [-0.1, -0.05) is 75.8 Å². The highest BCUT2D eigenvalue weighted by Crippen LogP contribution is 2.13. The minimum atomic E-state index is -0.660. The van der Waals surface area contributed by atoms with Crippen molar-refractivity contribution in [3.05, 3.63) is 11.4 Å². The van der Waals surface area contributed by atoms with Crippen molar-refractivity contribution in [3.8, 4) is 0 Å². The van der Waals surface area contributed by atoms with E-state index in [-0.39, 0.29) is 0 Å². The molecule has 0 fully saturated rings. The van der Waals surface area contributed by atoms with Crippen molar-refractivity contribution in [2.75, 3.05) is 0 Å². The zero-order valence-corrected chi connectivity index (χ0v) is 17.1. The molecule has 0 radical (unpaired) electrons. The monoisotopic (exact) mass is 366 g/mol. The van der Waals surface area contributed by atoms with Gasteiger partial charge in [0.1, 0.15) is 6.54 Å². The van der Waals surface area contributed by atoms with Crippen molar-refractivity contribution in [3.63, 3.8) is 0 Å². The van der Waals surface area contributed by atoms with Crippen LogP contribution in [-0.4, -0.2) is 21.4 Å². The van der Waals surface area contributed by atoms with Crippen LogP contribution in [0.2, 0.25) is 0 Å². The first-order chi connectivity index (χ1) is 12.6. The van der Waals surface area contributed by atoms with E-state index >= 15 is 0 Å². The number of carbonyl (C=O) groups is 1. The smallest absolute Gasteiger partial charge is 0.303 e. The van der Waals surface area contributed by atoms with Crippen molar-refractivity contribution in [1.82, 2.24) is 10.3 Å². The highest BCUT2D eigenvalue weighted by atomic mass is 16.4. The van der Waals surface area contributed by atoms with E-state index in [1.54, 1.807) is 0 Å². The van der Waals surface area contributed by atoms with Gasteiger partial charge in [0.05, 0.1) is 0 Å². The van der Waals surface area contributed by atoms with Crippen molar-refractivity contribution in [2.24, 2.45) is 0 Å². The largest absolute Gasteiger partial charge is 0.481 e. The molecule has 0 spiro atoms. The molecule has 0 saturated carbocycles. The topological polar surface area (TPSA) is 69.9 Å². The molecule has 5 nitrogen and oxygen atoms in total. The fourth-order valence-electron chi connectivity index (χ4n) is 3.37. The zero-order valence-electron chi connectivity index (χ0n) is 17.1. The van der Waals surface area contributed by atoms with Gasteiger partial charge in [0.25, 0.3) is 0 Å². The first kappa shape index (κ1) is 22.7. The molecule has 1 rings (SSSR count). The third-order valence-corrected chi connectivity index (χ3v) is 5.29. The van der Waals surface area contributed by atoms with Crippen LogP contribution in [0, 0.1) is 13.8 Å². The predicted octanol–water partition coefficient (Wildman–Crippen LogP) is 5.25. The van der Waals surface area contributed by atoms with Crippen molar-refractivity contribution in [1.29, 1.82) is 0 Å². The van der Waals surface area contributed by atoms with Gasteiger partial charge in [0.15, 0.2) is 5.69 Å². The van der Waals surface area contributed by atoms with Gasteiger partial charge in [-0.3, -0.25) is 4.79 Å². The number of aryl methyl sites for hydroxylation is 2. The van der Waals surface area contributed by atoms with Crippen LogP contribution >= 0.6 is 0 Å². The second-order valence-corrected chi connectivity index (χ2v) is 7.63. The van der Waals surface area contributed by atoms with Crippen LogP contribution in [0.15, 0.2) is 0 Å². The first-order valence-corrected chi connectivity index (χ1v) is 10.7. The molecule has 1 heterocycles. The van der Waals surface area contributed by atoms with Crippen LogP contribution < -0.4 is 4.68 Å². The lowest BCUT2D eigenvalue weighted by Crippen LogP contribution is -2.38. The minimum Gasteiger partial charge on any atom is -0.481 e. The Morgan fingerprint density at radius 3 is 1.62 bits per heavy atom. The summed E-state index contributed by atoms with van der Waals surface area (Å²) in [4.78, 5) is 10.4. The molecule has 0 atom stereocenters. The number of nitrogens with one attached hydrogen (secondary N) is 1. The van der Waals surface area contributed by atoms with E-state index in [1.165, 1.54) is 82.7 Å². The lowest BCUT2D eigenvalue weighted by atomic mass is 10.0. The number of aromatic amines is 1. The maximum absolute atomic E-state index is 10.4. The molecule has 0 aromatic carbocycles. The summed E-state index contributed by atoms with van der Waals surface area (Å²) >= 11 is 0. The number of aromatic nitrogens is 3. The highest BCUT2D eigenvalue weighted by molar-refractivity contribution is 5.66. The Morgan fingerprint density at radius 1 is 0.808 bits per heavy atom. The fourth-order valence-corrected chi connectivity index (χ4v) is 3.37. The highest BCUT2D eigenvalue weighted by Gasteiger charge is 2.11. The molecule has 26 heavy (non-hydrogen) atoms. The van der Waals surface area contributed by atoms with Gasteiger partial charge in [0, 0.05) is 25.4 Å². The van der Waals surface area contributed by atoms with E-state index in [4.69, 9.17) is 5.11 Å². The Morgan fingerprint density at radius 2 is 1.23 bits per heavy atom. The van der Waals surface area contributed by atoms with Gasteiger partial charge in [0.2, 0.25) is 5.69 Å². The van der Waals surface area contributed by atoms with Crippen molar-refractivity contribution in [2.45, 2.75) is 117 Å². The number of carboxylic acids is 1. The minimum absolute atomic E-state index is 0.335. The third kappa shape index (κ3) is 11.3. The summed E-state index contributed by atoms with van der Waals surface area (Å²) in [5, 5.41) is 15.9.